The number of amides is 2. The average Bonchev–Trinajstić information content (AvgIpc) is 3.57. The molecule has 146 valence electrons. The van der Waals surface area contributed by atoms with Gasteiger partial charge in [0.05, 0.1) is 0 Å². The lowest BCUT2D eigenvalue weighted by atomic mass is 10.0. The molecule has 1 saturated heterocycles. The Hall–Kier alpha value is -2.82. The maximum absolute atomic E-state index is 13.0. The van der Waals surface area contributed by atoms with Crippen LogP contribution in [0.2, 0.25) is 0 Å². The van der Waals surface area contributed by atoms with E-state index in [2.05, 4.69) is 34.5 Å². The van der Waals surface area contributed by atoms with Gasteiger partial charge >= 0.3 is 0 Å². The molecule has 0 atom stereocenters. The number of para-hydroxylation sites is 1. The van der Waals surface area contributed by atoms with E-state index in [1.54, 1.807) is 0 Å². The van der Waals surface area contributed by atoms with Crippen LogP contribution < -0.4 is 10.2 Å². The maximum Gasteiger partial charge on any atom is 0.238 e. The number of hydrogen-bond acceptors (Lipinski definition) is 3. The zero-order chi connectivity index (χ0) is 19.4. The quantitative estimate of drug-likeness (QED) is 0.787. The van der Waals surface area contributed by atoms with Crippen molar-refractivity contribution in [1.29, 1.82) is 0 Å². The summed E-state index contributed by atoms with van der Waals surface area (Å²) in [6.45, 7) is 3.53. The van der Waals surface area contributed by atoms with Gasteiger partial charge in [0.1, 0.15) is 5.41 Å². The number of hydrogen-bond donors (Lipinski definition) is 1. The summed E-state index contributed by atoms with van der Waals surface area (Å²) >= 11 is 0. The monoisotopic (exact) mass is 377 g/mol. The molecule has 1 saturated carbocycles. The van der Waals surface area contributed by atoms with Crippen molar-refractivity contribution in [2.24, 2.45) is 5.41 Å². The minimum absolute atomic E-state index is 0.0115. The summed E-state index contributed by atoms with van der Waals surface area (Å²) in [6, 6.07) is 20.4. The fourth-order valence-electron chi connectivity index (χ4n) is 3.91. The molecule has 1 aliphatic heterocycles. The van der Waals surface area contributed by atoms with Crippen molar-refractivity contribution in [2.45, 2.75) is 19.3 Å². The van der Waals surface area contributed by atoms with E-state index in [4.69, 9.17) is 0 Å². The highest BCUT2D eigenvalue weighted by Crippen LogP contribution is 2.47. The van der Waals surface area contributed by atoms with E-state index in [1.807, 2.05) is 41.3 Å². The topological polar surface area (TPSA) is 52.7 Å². The summed E-state index contributed by atoms with van der Waals surface area (Å²) in [5.41, 5.74) is 1.57. The van der Waals surface area contributed by atoms with Crippen molar-refractivity contribution in [3.8, 4) is 0 Å². The molecule has 0 unspecified atom stereocenters. The second kappa shape index (κ2) is 8.05. The summed E-state index contributed by atoms with van der Waals surface area (Å²) in [7, 11) is 0. The molecule has 2 aliphatic rings. The summed E-state index contributed by atoms with van der Waals surface area (Å²) in [5.74, 6) is -0.0867. The molecule has 1 heterocycles. The fourth-order valence-corrected chi connectivity index (χ4v) is 3.91. The van der Waals surface area contributed by atoms with Crippen molar-refractivity contribution >= 4 is 17.5 Å². The van der Waals surface area contributed by atoms with Gasteiger partial charge in [-0.3, -0.25) is 9.59 Å². The Morgan fingerprint density at radius 3 is 2.07 bits per heavy atom. The van der Waals surface area contributed by atoms with Crippen molar-refractivity contribution in [3.63, 3.8) is 0 Å². The Kier molecular flexibility index (Phi) is 5.33. The molecular formula is C23H27N3O2. The van der Waals surface area contributed by atoms with E-state index in [-0.39, 0.29) is 11.8 Å². The lowest BCUT2D eigenvalue weighted by molar-refractivity contribution is -0.144. The number of anilines is 1. The Morgan fingerprint density at radius 2 is 1.46 bits per heavy atom. The summed E-state index contributed by atoms with van der Waals surface area (Å²) in [5, 5.41) is 2.99. The number of nitrogens with zero attached hydrogens (tertiary/aromatic N) is 2. The molecule has 0 spiro atoms. The second-order valence-electron chi connectivity index (χ2n) is 7.69. The van der Waals surface area contributed by atoms with Crippen LogP contribution in [0.4, 0.5) is 5.69 Å². The van der Waals surface area contributed by atoms with Gasteiger partial charge in [-0.25, -0.2) is 0 Å². The van der Waals surface area contributed by atoms with Crippen LogP contribution in [0.5, 0.6) is 0 Å². The lowest BCUT2D eigenvalue weighted by Gasteiger charge is -2.37. The predicted molar refractivity (Wildman–Crippen MR) is 110 cm³/mol. The van der Waals surface area contributed by atoms with E-state index in [1.165, 1.54) is 11.3 Å². The van der Waals surface area contributed by atoms with Gasteiger partial charge in [0.2, 0.25) is 11.8 Å². The van der Waals surface area contributed by atoms with Gasteiger partial charge in [0, 0.05) is 38.4 Å². The highest BCUT2D eigenvalue weighted by molar-refractivity contribution is 6.07. The van der Waals surface area contributed by atoms with Crippen molar-refractivity contribution in [1.82, 2.24) is 10.2 Å². The molecule has 0 aromatic heterocycles. The first-order chi connectivity index (χ1) is 13.7. The molecule has 2 aromatic rings. The van der Waals surface area contributed by atoms with Crippen LogP contribution >= 0.6 is 0 Å². The van der Waals surface area contributed by atoms with Gasteiger partial charge in [-0.1, -0.05) is 48.5 Å². The summed E-state index contributed by atoms with van der Waals surface area (Å²) in [4.78, 5) is 29.9. The number of carbonyl (C=O) groups excluding carboxylic acids is 2. The molecule has 0 radical (unpaired) electrons. The van der Waals surface area contributed by atoms with Crippen LogP contribution in [0.15, 0.2) is 60.7 Å². The second-order valence-corrected chi connectivity index (χ2v) is 7.69. The molecule has 5 heteroatoms. The molecular weight excluding hydrogens is 350 g/mol. The first-order valence-electron chi connectivity index (χ1n) is 10.1. The van der Waals surface area contributed by atoms with Gasteiger partial charge in [0.25, 0.3) is 0 Å². The summed E-state index contributed by atoms with van der Waals surface area (Å²) < 4.78 is 0. The van der Waals surface area contributed by atoms with Gasteiger partial charge < -0.3 is 15.1 Å². The molecule has 1 N–H and O–H groups in total. The molecule has 0 bridgehead atoms. The highest BCUT2D eigenvalue weighted by Gasteiger charge is 2.58. The van der Waals surface area contributed by atoms with Crippen LogP contribution in [0, 0.1) is 5.41 Å². The normalized spacial score (nSPS) is 17.9. The Labute approximate surface area is 166 Å². The SMILES string of the molecule is O=C(NCCc1ccccc1)C1(C(=O)N2CCN(c3ccccc3)CC2)CC1. The Balaban J connectivity index is 1.28. The van der Waals surface area contributed by atoms with Crippen molar-refractivity contribution in [2.75, 3.05) is 37.6 Å². The number of rotatable bonds is 6. The third-order valence-electron chi connectivity index (χ3n) is 5.82. The number of benzene rings is 2. The smallest absolute Gasteiger partial charge is 0.238 e. The zero-order valence-corrected chi connectivity index (χ0v) is 16.1. The lowest BCUT2D eigenvalue weighted by Crippen LogP contribution is -2.53. The van der Waals surface area contributed by atoms with E-state index in [0.29, 0.717) is 32.5 Å². The molecule has 4 rings (SSSR count). The molecule has 5 nitrogen and oxygen atoms in total. The summed E-state index contributed by atoms with van der Waals surface area (Å²) in [6.07, 6.45) is 2.12. The van der Waals surface area contributed by atoms with Crippen LogP contribution in [0.3, 0.4) is 0 Å². The van der Waals surface area contributed by atoms with Gasteiger partial charge in [0.15, 0.2) is 0 Å². The average molecular weight is 377 g/mol. The fraction of sp³-hybridized carbons (Fsp3) is 0.391. The van der Waals surface area contributed by atoms with Crippen LogP contribution in [-0.2, 0) is 16.0 Å². The number of carbonyl (C=O) groups is 2. The first kappa shape index (κ1) is 18.5. The minimum Gasteiger partial charge on any atom is -0.368 e. The number of piperazine rings is 1. The number of nitrogens with one attached hydrogen (secondary N) is 1. The van der Waals surface area contributed by atoms with E-state index >= 15 is 0 Å². The largest absolute Gasteiger partial charge is 0.368 e. The minimum atomic E-state index is -0.814. The Bertz CT molecular complexity index is 810. The van der Waals surface area contributed by atoms with Crippen molar-refractivity contribution in [3.05, 3.63) is 66.2 Å². The molecule has 2 amide bonds. The maximum atomic E-state index is 13.0. The van der Waals surface area contributed by atoms with Gasteiger partial charge in [-0.05, 0) is 37.0 Å². The highest BCUT2D eigenvalue weighted by atomic mass is 16.2. The van der Waals surface area contributed by atoms with Gasteiger partial charge in [-0.15, -0.1) is 0 Å². The predicted octanol–water partition coefficient (Wildman–Crippen LogP) is 2.47. The Morgan fingerprint density at radius 1 is 0.857 bits per heavy atom. The standard InChI is InChI=1S/C23H27N3O2/c27-21(24-14-11-19-7-3-1-4-8-19)23(12-13-23)22(28)26-17-15-25(16-18-26)20-9-5-2-6-10-20/h1-10H,11-18H2,(H,24,27). The van der Waals surface area contributed by atoms with Gasteiger partial charge in [-0.2, -0.15) is 0 Å². The first-order valence-corrected chi connectivity index (χ1v) is 10.1. The van der Waals surface area contributed by atoms with Crippen LogP contribution in [0.1, 0.15) is 18.4 Å². The van der Waals surface area contributed by atoms with Crippen LogP contribution in [-0.4, -0.2) is 49.4 Å². The van der Waals surface area contributed by atoms with Crippen molar-refractivity contribution < 1.29 is 9.59 Å². The third kappa shape index (κ3) is 3.88. The molecule has 2 aromatic carbocycles. The molecule has 1 aliphatic carbocycles. The molecule has 2 fully saturated rings. The third-order valence-corrected chi connectivity index (χ3v) is 5.82. The van der Waals surface area contributed by atoms with E-state index in [9.17, 15) is 9.59 Å². The van der Waals surface area contributed by atoms with E-state index in [0.717, 1.165) is 19.5 Å². The molecule has 28 heavy (non-hydrogen) atoms. The zero-order valence-electron chi connectivity index (χ0n) is 16.1. The van der Waals surface area contributed by atoms with Crippen LogP contribution in [0.25, 0.3) is 0 Å². The van der Waals surface area contributed by atoms with E-state index < -0.39 is 5.41 Å².